The van der Waals surface area contributed by atoms with Crippen molar-refractivity contribution in [3.05, 3.63) is 194 Å². The Kier molecular flexibility index (Phi) is 6.28. The maximum atomic E-state index is 2.49. The minimum Gasteiger partial charge on any atom is -0.307 e. The van der Waals surface area contributed by atoms with E-state index in [0.717, 1.165) is 11.4 Å². The van der Waals surface area contributed by atoms with Crippen LogP contribution in [0, 0.1) is 0 Å². The summed E-state index contributed by atoms with van der Waals surface area (Å²) in [7, 11) is 0. The Hall–Kier alpha value is -6.90. The van der Waals surface area contributed by atoms with Gasteiger partial charge in [-0.2, -0.15) is 0 Å². The molecule has 2 heteroatoms. The second-order valence-electron chi connectivity index (χ2n) is 13.8. The average Bonchev–Trinajstić information content (AvgIpc) is 3.74. The van der Waals surface area contributed by atoms with Gasteiger partial charge in [-0.15, -0.1) is 0 Å². The molecule has 242 valence electrons. The van der Waals surface area contributed by atoms with Crippen LogP contribution in [0.2, 0.25) is 0 Å². The second-order valence-corrected chi connectivity index (χ2v) is 13.8. The number of benzene rings is 9. The third-order valence-corrected chi connectivity index (χ3v) is 10.8. The minimum absolute atomic E-state index is 1.16. The summed E-state index contributed by atoms with van der Waals surface area (Å²) < 4.78 is 4.97. The molecule has 0 aliphatic carbocycles. The second kappa shape index (κ2) is 11.3. The number of rotatable bonds is 4. The van der Waals surface area contributed by atoms with Crippen molar-refractivity contribution in [3.63, 3.8) is 0 Å². The maximum Gasteiger partial charge on any atom is 0.0788 e. The van der Waals surface area contributed by atoms with E-state index in [-0.39, 0.29) is 0 Å². The molecule has 0 N–H and O–H groups in total. The van der Waals surface area contributed by atoms with Gasteiger partial charge in [-0.25, -0.2) is 0 Å². The Balaban J connectivity index is 1.18. The molecule has 52 heavy (non-hydrogen) atoms. The van der Waals surface area contributed by atoms with Gasteiger partial charge in [-0.3, -0.25) is 0 Å². The van der Waals surface area contributed by atoms with Crippen molar-refractivity contribution in [1.82, 2.24) is 9.13 Å². The van der Waals surface area contributed by atoms with Gasteiger partial charge in [0, 0.05) is 32.9 Å². The van der Waals surface area contributed by atoms with E-state index < -0.39 is 0 Å². The molecule has 0 radical (unpaired) electrons. The van der Waals surface area contributed by atoms with Gasteiger partial charge in [0.25, 0.3) is 0 Å². The zero-order valence-electron chi connectivity index (χ0n) is 28.4. The van der Waals surface area contributed by atoms with Gasteiger partial charge in [0.2, 0.25) is 0 Å². The highest BCUT2D eigenvalue weighted by molar-refractivity contribution is 6.24. The van der Waals surface area contributed by atoms with Crippen molar-refractivity contribution in [2.24, 2.45) is 0 Å². The highest BCUT2D eigenvalue weighted by atomic mass is 15.0. The molecule has 0 saturated heterocycles. The summed E-state index contributed by atoms with van der Waals surface area (Å²) in [6, 6.07) is 71.0. The number of hydrogen-bond acceptors (Lipinski definition) is 0. The molecule has 0 spiro atoms. The van der Waals surface area contributed by atoms with Gasteiger partial charge < -0.3 is 9.13 Å². The zero-order chi connectivity index (χ0) is 34.2. The van der Waals surface area contributed by atoms with E-state index in [9.17, 15) is 0 Å². The third-order valence-electron chi connectivity index (χ3n) is 10.8. The van der Waals surface area contributed by atoms with E-state index in [4.69, 9.17) is 0 Å². The summed E-state index contributed by atoms with van der Waals surface area (Å²) in [4.78, 5) is 0. The lowest BCUT2D eigenvalue weighted by Gasteiger charge is -2.14. The number of nitrogens with zero attached hydrogens (tertiary/aromatic N) is 2. The van der Waals surface area contributed by atoms with E-state index in [1.165, 1.54) is 87.4 Å². The van der Waals surface area contributed by atoms with Crippen LogP contribution in [-0.2, 0) is 0 Å². The van der Waals surface area contributed by atoms with Crippen LogP contribution in [0.4, 0.5) is 0 Å². The van der Waals surface area contributed by atoms with Crippen LogP contribution < -0.4 is 0 Å². The molecule has 2 aromatic heterocycles. The lowest BCUT2D eigenvalue weighted by atomic mass is 10.0. The molecule has 0 atom stereocenters. The van der Waals surface area contributed by atoms with Crippen molar-refractivity contribution >= 4 is 65.2 Å². The van der Waals surface area contributed by atoms with E-state index >= 15 is 0 Å². The molecule has 0 aliphatic rings. The standard InChI is InChI=1S/C50H32N2/c1-3-11-33(12-4-1)35-19-21-39-31-41(25-23-37(39)29-35)51-47-17-9-7-15-43(47)45-27-28-46-44-16-8-10-18-48(44)52(50(46)49(45)51)42-26-24-38-30-36(20-22-40(38)32-42)34-13-5-2-6-14-34/h1-32H. The van der Waals surface area contributed by atoms with Crippen molar-refractivity contribution in [3.8, 4) is 33.6 Å². The molecule has 2 nitrogen and oxygen atoms in total. The van der Waals surface area contributed by atoms with E-state index in [0.29, 0.717) is 0 Å². The monoisotopic (exact) mass is 660 g/mol. The molecule has 0 fully saturated rings. The summed E-state index contributed by atoms with van der Waals surface area (Å²) >= 11 is 0. The first kappa shape index (κ1) is 28.9. The van der Waals surface area contributed by atoms with Crippen LogP contribution in [0.15, 0.2) is 194 Å². The highest BCUT2D eigenvalue weighted by Crippen LogP contribution is 2.42. The molecule has 0 saturated carbocycles. The predicted molar refractivity (Wildman–Crippen MR) is 221 cm³/mol. The van der Waals surface area contributed by atoms with Gasteiger partial charge in [-0.1, -0.05) is 146 Å². The summed E-state index contributed by atoms with van der Waals surface area (Å²) in [5, 5.41) is 9.92. The molecular formula is C50H32N2. The third kappa shape index (κ3) is 4.38. The first-order valence-electron chi connectivity index (χ1n) is 17.9. The van der Waals surface area contributed by atoms with Gasteiger partial charge in [-0.05, 0) is 92.3 Å². The van der Waals surface area contributed by atoms with Crippen molar-refractivity contribution in [2.75, 3.05) is 0 Å². The minimum atomic E-state index is 1.16. The van der Waals surface area contributed by atoms with E-state index in [2.05, 4.69) is 203 Å². The summed E-state index contributed by atoms with van der Waals surface area (Å²) in [5.41, 5.74) is 12.1. The zero-order valence-corrected chi connectivity index (χ0v) is 28.4. The van der Waals surface area contributed by atoms with E-state index in [1.54, 1.807) is 0 Å². The van der Waals surface area contributed by atoms with Crippen LogP contribution in [-0.4, -0.2) is 9.13 Å². The first-order valence-corrected chi connectivity index (χ1v) is 17.9. The van der Waals surface area contributed by atoms with Crippen molar-refractivity contribution in [1.29, 1.82) is 0 Å². The fourth-order valence-corrected chi connectivity index (χ4v) is 8.40. The van der Waals surface area contributed by atoms with Gasteiger partial charge in [0.15, 0.2) is 0 Å². The Labute approximate surface area is 301 Å². The van der Waals surface area contributed by atoms with Crippen LogP contribution in [0.5, 0.6) is 0 Å². The average molecular weight is 661 g/mol. The summed E-state index contributed by atoms with van der Waals surface area (Å²) in [6.45, 7) is 0. The van der Waals surface area contributed by atoms with Gasteiger partial charge in [0.05, 0.1) is 22.1 Å². The molecule has 9 aromatic carbocycles. The van der Waals surface area contributed by atoms with Crippen molar-refractivity contribution < 1.29 is 0 Å². The fourth-order valence-electron chi connectivity index (χ4n) is 8.40. The van der Waals surface area contributed by atoms with Gasteiger partial charge in [0.1, 0.15) is 0 Å². The molecular weight excluding hydrogens is 629 g/mol. The summed E-state index contributed by atoms with van der Waals surface area (Å²) in [5.74, 6) is 0. The topological polar surface area (TPSA) is 9.86 Å². The van der Waals surface area contributed by atoms with Crippen LogP contribution in [0.25, 0.3) is 98.8 Å². The maximum absolute atomic E-state index is 2.49. The SMILES string of the molecule is c1ccc(-c2ccc3cc(-n4c5ccccc5c5ccc6c7ccccc7n(-c7ccc8cc(-c9ccccc9)ccc8c7)c6c54)ccc3c2)cc1. The molecule has 11 rings (SSSR count). The summed E-state index contributed by atoms with van der Waals surface area (Å²) in [6.07, 6.45) is 0. The molecule has 11 aromatic rings. The highest BCUT2D eigenvalue weighted by Gasteiger charge is 2.21. The number of aromatic nitrogens is 2. The Morgan fingerprint density at radius 2 is 0.635 bits per heavy atom. The normalized spacial score (nSPS) is 11.8. The predicted octanol–water partition coefficient (Wildman–Crippen LogP) is 13.5. The van der Waals surface area contributed by atoms with Crippen LogP contribution >= 0.6 is 0 Å². The Bertz CT molecular complexity index is 2950. The molecule has 2 heterocycles. The number of hydrogen-bond donors (Lipinski definition) is 0. The van der Waals surface area contributed by atoms with Crippen molar-refractivity contribution in [2.45, 2.75) is 0 Å². The lowest BCUT2D eigenvalue weighted by molar-refractivity contribution is 1.15. The molecule has 0 amide bonds. The van der Waals surface area contributed by atoms with Crippen LogP contribution in [0.1, 0.15) is 0 Å². The molecule has 0 bridgehead atoms. The Morgan fingerprint density at radius 1 is 0.250 bits per heavy atom. The number of para-hydroxylation sites is 2. The quantitative estimate of drug-likeness (QED) is 0.178. The molecule has 0 aliphatic heterocycles. The van der Waals surface area contributed by atoms with Gasteiger partial charge >= 0.3 is 0 Å². The smallest absolute Gasteiger partial charge is 0.0788 e. The molecule has 0 unspecified atom stereocenters. The van der Waals surface area contributed by atoms with E-state index in [1.807, 2.05) is 0 Å². The van der Waals surface area contributed by atoms with Crippen LogP contribution in [0.3, 0.4) is 0 Å². The number of fused-ring (bicyclic) bond motifs is 9. The Morgan fingerprint density at radius 3 is 1.10 bits per heavy atom. The largest absolute Gasteiger partial charge is 0.307 e. The first-order chi connectivity index (χ1) is 25.8. The lowest BCUT2D eigenvalue weighted by Crippen LogP contribution is -1.99. The fraction of sp³-hybridized carbons (Fsp3) is 0.